The van der Waals surface area contributed by atoms with Gasteiger partial charge in [-0.1, -0.05) is 41.9 Å². The number of hydrogen-bond donors (Lipinski definition) is 2. The lowest BCUT2D eigenvalue weighted by Crippen LogP contribution is -2.31. The molecule has 0 unspecified atom stereocenters. The molecule has 242 valence electrons. The number of nitrogens with one attached hydrogen (secondary N) is 1. The number of para-hydroxylation sites is 1. The Labute approximate surface area is 272 Å². The smallest absolute Gasteiger partial charge is 0.266 e. The third kappa shape index (κ3) is 8.45. The summed E-state index contributed by atoms with van der Waals surface area (Å²) in [6.07, 6.45) is 5.17. The number of aromatic nitrogens is 2. The molecule has 1 aliphatic rings. The molecule has 0 aliphatic carbocycles. The summed E-state index contributed by atoms with van der Waals surface area (Å²) in [6.45, 7) is 3.49. The third-order valence-corrected chi connectivity index (χ3v) is 8.62. The van der Waals surface area contributed by atoms with Gasteiger partial charge in [0, 0.05) is 53.0 Å². The number of carbonyl (C=O) groups is 2. The normalized spacial score (nSPS) is 13.0. The van der Waals surface area contributed by atoms with Crippen LogP contribution in [-0.2, 0) is 21.5 Å². The molecule has 2 N–H and O–H groups in total. The molecule has 0 bridgehead atoms. The van der Waals surface area contributed by atoms with Gasteiger partial charge < -0.3 is 19.7 Å². The summed E-state index contributed by atoms with van der Waals surface area (Å²) in [4.78, 5) is 27.6. The molecular formula is C33H35ClN4O7S. The molecule has 1 aliphatic heterocycles. The second-order valence-corrected chi connectivity index (χ2v) is 12.9. The van der Waals surface area contributed by atoms with Crippen molar-refractivity contribution >= 4 is 39.2 Å². The molecule has 0 fully saturated rings. The SMILES string of the molecule is Cc1c(Cl)cccc1OCCCC(=O)N1CCCOc2c(-c3cnn(Cc4cccc(C(=O)NCCS(=O)(=O)O)c4)c3)cccc21. The first-order chi connectivity index (χ1) is 22.1. The Bertz CT molecular complexity index is 1830. The van der Waals surface area contributed by atoms with E-state index in [4.69, 9.17) is 25.6 Å². The van der Waals surface area contributed by atoms with E-state index in [1.807, 2.05) is 55.6 Å². The number of ether oxygens (including phenoxy) is 2. The van der Waals surface area contributed by atoms with E-state index in [1.54, 1.807) is 34.0 Å². The van der Waals surface area contributed by atoms with Crippen molar-refractivity contribution in [1.29, 1.82) is 0 Å². The first-order valence-electron chi connectivity index (χ1n) is 14.9. The van der Waals surface area contributed by atoms with Crippen LogP contribution >= 0.6 is 11.6 Å². The maximum absolute atomic E-state index is 13.4. The van der Waals surface area contributed by atoms with Gasteiger partial charge in [0.05, 0.1) is 37.4 Å². The van der Waals surface area contributed by atoms with Gasteiger partial charge in [-0.05, 0) is 55.7 Å². The Balaban J connectivity index is 1.24. The lowest BCUT2D eigenvalue weighted by atomic mass is 10.1. The van der Waals surface area contributed by atoms with Crippen LogP contribution in [0.5, 0.6) is 11.5 Å². The molecular weight excluding hydrogens is 632 g/mol. The van der Waals surface area contributed by atoms with E-state index in [1.165, 1.54) is 0 Å². The Hall–Kier alpha value is -4.39. The van der Waals surface area contributed by atoms with Crippen molar-refractivity contribution in [2.45, 2.75) is 32.7 Å². The number of amides is 2. The van der Waals surface area contributed by atoms with Crippen LogP contribution in [0.2, 0.25) is 5.02 Å². The minimum Gasteiger partial charge on any atom is -0.493 e. The zero-order valence-electron chi connectivity index (χ0n) is 25.3. The molecule has 2 heterocycles. The summed E-state index contributed by atoms with van der Waals surface area (Å²) in [7, 11) is -4.17. The largest absolute Gasteiger partial charge is 0.493 e. The molecule has 0 saturated heterocycles. The summed E-state index contributed by atoms with van der Waals surface area (Å²) >= 11 is 6.19. The lowest BCUT2D eigenvalue weighted by Gasteiger charge is -2.23. The molecule has 11 nitrogen and oxygen atoms in total. The number of anilines is 1. The summed E-state index contributed by atoms with van der Waals surface area (Å²) in [5.74, 6) is 0.326. The molecule has 1 aromatic heterocycles. The van der Waals surface area contributed by atoms with Crippen molar-refractivity contribution < 1.29 is 32.0 Å². The maximum Gasteiger partial charge on any atom is 0.266 e. The van der Waals surface area contributed by atoms with Crippen LogP contribution in [-0.4, -0.2) is 66.6 Å². The fourth-order valence-corrected chi connectivity index (χ4v) is 5.69. The van der Waals surface area contributed by atoms with Gasteiger partial charge in [0.25, 0.3) is 16.0 Å². The van der Waals surface area contributed by atoms with Crippen molar-refractivity contribution in [1.82, 2.24) is 15.1 Å². The van der Waals surface area contributed by atoms with E-state index in [9.17, 15) is 18.0 Å². The van der Waals surface area contributed by atoms with Gasteiger partial charge in [-0.25, -0.2) is 0 Å². The van der Waals surface area contributed by atoms with Gasteiger partial charge in [-0.3, -0.25) is 18.8 Å². The van der Waals surface area contributed by atoms with Crippen LogP contribution in [0.1, 0.15) is 40.7 Å². The predicted octanol–water partition coefficient (Wildman–Crippen LogP) is 5.15. The first-order valence-corrected chi connectivity index (χ1v) is 16.9. The van der Waals surface area contributed by atoms with Crippen LogP contribution in [0.25, 0.3) is 11.1 Å². The number of benzene rings is 3. The van der Waals surface area contributed by atoms with E-state index in [2.05, 4.69) is 10.4 Å². The Morgan fingerprint density at radius 3 is 2.76 bits per heavy atom. The van der Waals surface area contributed by atoms with Crippen molar-refractivity contribution in [3.8, 4) is 22.6 Å². The van der Waals surface area contributed by atoms with Gasteiger partial charge in [0.2, 0.25) is 5.91 Å². The average molecular weight is 667 g/mol. The van der Waals surface area contributed by atoms with Crippen LogP contribution in [0, 0.1) is 6.92 Å². The molecule has 3 aromatic carbocycles. The fraction of sp³-hybridized carbons (Fsp3) is 0.303. The number of rotatable bonds is 12. The predicted molar refractivity (Wildman–Crippen MR) is 175 cm³/mol. The van der Waals surface area contributed by atoms with Gasteiger partial charge in [0.15, 0.2) is 5.75 Å². The summed E-state index contributed by atoms with van der Waals surface area (Å²) in [6, 6.07) is 18.2. The Kier molecular flexibility index (Phi) is 10.6. The first kappa shape index (κ1) is 33.0. The average Bonchev–Trinajstić information content (AvgIpc) is 3.37. The molecule has 46 heavy (non-hydrogen) atoms. The van der Waals surface area contributed by atoms with E-state index in [-0.39, 0.29) is 12.5 Å². The molecule has 0 saturated carbocycles. The number of fused-ring (bicyclic) bond motifs is 1. The summed E-state index contributed by atoms with van der Waals surface area (Å²) in [5, 5.41) is 7.65. The van der Waals surface area contributed by atoms with Crippen LogP contribution in [0.3, 0.4) is 0 Å². The Morgan fingerprint density at radius 1 is 1.13 bits per heavy atom. The number of carbonyl (C=O) groups excluding carboxylic acids is 2. The monoisotopic (exact) mass is 666 g/mol. The van der Waals surface area contributed by atoms with Crippen molar-refractivity contribution in [3.05, 3.63) is 94.8 Å². The van der Waals surface area contributed by atoms with E-state index in [0.29, 0.717) is 73.3 Å². The highest BCUT2D eigenvalue weighted by atomic mass is 35.5. The highest BCUT2D eigenvalue weighted by Gasteiger charge is 2.25. The second-order valence-electron chi connectivity index (χ2n) is 10.9. The number of hydrogen-bond acceptors (Lipinski definition) is 7. The molecule has 0 spiro atoms. The maximum atomic E-state index is 13.4. The van der Waals surface area contributed by atoms with Gasteiger partial charge in [-0.15, -0.1) is 0 Å². The molecule has 0 atom stereocenters. The van der Waals surface area contributed by atoms with Gasteiger partial charge in [-0.2, -0.15) is 13.5 Å². The van der Waals surface area contributed by atoms with E-state index >= 15 is 0 Å². The van der Waals surface area contributed by atoms with Crippen LogP contribution < -0.4 is 19.7 Å². The highest BCUT2D eigenvalue weighted by molar-refractivity contribution is 7.85. The van der Waals surface area contributed by atoms with Crippen LogP contribution in [0.15, 0.2) is 73.1 Å². The minimum atomic E-state index is -4.17. The zero-order chi connectivity index (χ0) is 32.7. The van der Waals surface area contributed by atoms with Crippen LogP contribution in [0.4, 0.5) is 5.69 Å². The summed E-state index contributed by atoms with van der Waals surface area (Å²) < 4.78 is 44.5. The van der Waals surface area contributed by atoms with Gasteiger partial charge >= 0.3 is 0 Å². The van der Waals surface area contributed by atoms with Gasteiger partial charge in [0.1, 0.15) is 5.75 Å². The van der Waals surface area contributed by atoms with E-state index in [0.717, 1.165) is 22.3 Å². The topological polar surface area (TPSA) is 140 Å². The molecule has 0 radical (unpaired) electrons. The molecule has 4 aromatic rings. The minimum absolute atomic E-state index is 0.00656. The fourth-order valence-electron chi connectivity index (χ4n) is 5.16. The zero-order valence-corrected chi connectivity index (χ0v) is 26.9. The second kappa shape index (κ2) is 14.8. The Morgan fingerprint density at radius 2 is 1.93 bits per heavy atom. The summed E-state index contributed by atoms with van der Waals surface area (Å²) in [5.41, 5.74) is 4.39. The third-order valence-electron chi connectivity index (χ3n) is 7.49. The molecule has 13 heteroatoms. The molecule has 2 amide bonds. The standard InChI is InChI=1S/C33H35ClN4O7S/c1-23-28(34)10-4-12-30(23)44-16-5-13-31(39)38-15-6-17-45-32-27(9-3-11-29(32)38)26-20-36-37(22-26)21-24-7-2-8-25(19-24)33(40)35-14-18-46(41,42)43/h2-4,7-12,19-20,22H,5-6,13-18,21H2,1H3,(H,35,40)(H,41,42,43). The highest BCUT2D eigenvalue weighted by Crippen LogP contribution is 2.40. The quantitative estimate of drug-likeness (QED) is 0.156. The van der Waals surface area contributed by atoms with E-state index < -0.39 is 21.8 Å². The lowest BCUT2D eigenvalue weighted by molar-refractivity contribution is -0.118. The number of nitrogens with zero attached hydrogens (tertiary/aromatic N) is 3. The molecule has 5 rings (SSSR count). The van der Waals surface area contributed by atoms with Crippen molar-refractivity contribution in [2.24, 2.45) is 0 Å². The number of halogens is 1. The van der Waals surface area contributed by atoms with Crippen molar-refractivity contribution in [2.75, 3.05) is 37.0 Å². The van der Waals surface area contributed by atoms with Crippen molar-refractivity contribution in [3.63, 3.8) is 0 Å².